The van der Waals surface area contributed by atoms with Crippen molar-refractivity contribution in [2.24, 2.45) is 0 Å². The minimum absolute atomic E-state index is 0.371. The molecule has 1 aromatic carbocycles. The average molecular weight is 422 g/mol. The highest BCUT2D eigenvalue weighted by Gasteiger charge is 2.24. The van der Waals surface area contributed by atoms with E-state index in [0.717, 1.165) is 11.3 Å². The van der Waals surface area contributed by atoms with Crippen LogP contribution in [0, 0.1) is 0 Å². The van der Waals surface area contributed by atoms with Crippen LogP contribution in [0.2, 0.25) is 0 Å². The molecule has 28 heavy (non-hydrogen) atoms. The van der Waals surface area contributed by atoms with E-state index in [1.807, 2.05) is 63.4 Å². The van der Waals surface area contributed by atoms with Gasteiger partial charge in [0, 0.05) is 5.75 Å². The summed E-state index contributed by atoms with van der Waals surface area (Å²) in [5.74, 6) is 1.96. The predicted octanol–water partition coefficient (Wildman–Crippen LogP) is 5.19. The van der Waals surface area contributed by atoms with Gasteiger partial charge in [-0.25, -0.2) is 4.79 Å². The molecule has 0 fully saturated rings. The van der Waals surface area contributed by atoms with Crippen molar-refractivity contribution in [1.82, 2.24) is 15.5 Å². The third-order valence-electron chi connectivity index (χ3n) is 3.43. The van der Waals surface area contributed by atoms with Crippen LogP contribution in [0.25, 0.3) is 6.08 Å². The SMILES string of the molecule is CSCCC(NC(=O)OC(C)(C)C)c1nnc(SC/C=C/c2ccccc2)o1. The van der Waals surface area contributed by atoms with Crippen molar-refractivity contribution >= 4 is 35.7 Å². The number of ether oxygens (including phenoxy) is 1. The molecule has 2 rings (SSSR count). The van der Waals surface area contributed by atoms with Crippen LogP contribution in [-0.4, -0.2) is 39.7 Å². The molecule has 0 spiro atoms. The van der Waals surface area contributed by atoms with E-state index in [1.54, 1.807) is 11.8 Å². The molecule has 0 aliphatic heterocycles. The van der Waals surface area contributed by atoms with Crippen molar-refractivity contribution in [3.8, 4) is 0 Å². The van der Waals surface area contributed by atoms with Crippen LogP contribution < -0.4 is 5.32 Å². The Balaban J connectivity index is 1.92. The van der Waals surface area contributed by atoms with Gasteiger partial charge >= 0.3 is 6.09 Å². The van der Waals surface area contributed by atoms with Gasteiger partial charge < -0.3 is 14.5 Å². The average Bonchev–Trinajstić information content (AvgIpc) is 3.10. The molecule has 8 heteroatoms. The molecule has 0 aliphatic rings. The fourth-order valence-electron chi connectivity index (χ4n) is 2.23. The van der Waals surface area contributed by atoms with Crippen LogP contribution in [0.3, 0.4) is 0 Å². The van der Waals surface area contributed by atoms with Gasteiger partial charge in [-0.2, -0.15) is 11.8 Å². The molecule has 0 aliphatic carbocycles. The van der Waals surface area contributed by atoms with Crippen LogP contribution >= 0.6 is 23.5 Å². The van der Waals surface area contributed by atoms with E-state index in [2.05, 4.69) is 21.6 Å². The molecular formula is C20H27N3O3S2. The summed E-state index contributed by atoms with van der Waals surface area (Å²) in [6, 6.07) is 9.72. The molecule has 0 saturated carbocycles. The summed E-state index contributed by atoms with van der Waals surface area (Å²) in [4.78, 5) is 12.1. The second-order valence-corrected chi connectivity index (χ2v) is 8.97. The highest BCUT2D eigenvalue weighted by Crippen LogP contribution is 2.23. The van der Waals surface area contributed by atoms with E-state index in [4.69, 9.17) is 9.15 Å². The van der Waals surface area contributed by atoms with E-state index in [0.29, 0.717) is 23.3 Å². The Hall–Kier alpha value is -1.93. The van der Waals surface area contributed by atoms with Crippen LogP contribution in [0.1, 0.15) is 44.7 Å². The Kier molecular flexibility index (Phi) is 8.92. The van der Waals surface area contributed by atoms with E-state index < -0.39 is 11.7 Å². The third-order valence-corrected chi connectivity index (χ3v) is 4.85. The number of benzene rings is 1. The van der Waals surface area contributed by atoms with Crippen LogP contribution in [0.15, 0.2) is 46.0 Å². The summed E-state index contributed by atoms with van der Waals surface area (Å²) in [6.07, 6.45) is 6.31. The Morgan fingerprint density at radius 3 is 2.71 bits per heavy atom. The number of rotatable bonds is 9. The fraction of sp³-hybridized carbons (Fsp3) is 0.450. The molecule has 0 radical (unpaired) electrons. The molecule has 0 saturated heterocycles. The number of amides is 1. The summed E-state index contributed by atoms with van der Waals surface area (Å²) in [5, 5.41) is 11.5. The lowest BCUT2D eigenvalue weighted by Gasteiger charge is -2.22. The van der Waals surface area contributed by atoms with Crippen molar-refractivity contribution in [3.63, 3.8) is 0 Å². The normalized spacial score (nSPS) is 12.9. The quantitative estimate of drug-likeness (QED) is 0.558. The lowest BCUT2D eigenvalue weighted by molar-refractivity contribution is 0.0493. The summed E-state index contributed by atoms with van der Waals surface area (Å²) < 4.78 is 11.1. The monoisotopic (exact) mass is 421 g/mol. The molecule has 0 bridgehead atoms. The van der Waals surface area contributed by atoms with Crippen molar-refractivity contribution in [1.29, 1.82) is 0 Å². The fourth-order valence-corrected chi connectivity index (χ4v) is 3.28. The van der Waals surface area contributed by atoms with Gasteiger partial charge in [-0.05, 0) is 44.8 Å². The van der Waals surface area contributed by atoms with E-state index >= 15 is 0 Å². The lowest BCUT2D eigenvalue weighted by Crippen LogP contribution is -2.35. The summed E-state index contributed by atoms with van der Waals surface area (Å²) >= 11 is 3.14. The Bertz CT molecular complexity index is 758. The number of alkyl carbamates (subject to hydrolysis) is 1. The number of carbonyl (C=O) groups is 1. The summed E-state index contributed by atoms with van der Waals surface area (Å²) in [7, 11) is 0. The van der Waals surface area contributed by atoms with Gasteiger partial charge in [0.25, 0.3) is 5.22 Å². The molecule has 1 aromatic heterocycles. The third kappa shape index (κ3) is 8.39. The summed E-state index contributed by atoms with van der Waals surface area (Å²) in [5.41, 5.74) is 0.586. The molecule has 1 unspecified atom stereocenters. The zero-order chi connectivity index (χ0) is 20.4. The largest absolute Gasteiger partial charge is 0.444 e. The number of nitrogens with zero attached hydrogens (tertiary/aromatic N) is 2. The van der Waals surface area contributed by atoms with E-state index in [1.165, 1.54) is 11.8 Å². The lowest BCUT2D eigenvalue weighted by atomic mass is 10.2. The highest BCUT2D eigenvalue weighted by atomic mass is 32.2. The zero-order valence-electron chi connectivity index (χ0n) is 16.7. The minimum Gasteiger partial charge on any atom is -0.444 e. The van der Waals surface area contributed by atoms with Crippen molar-refractivity contribution < 1.29 is 13.9 Å². The van der Waals surface area contributed by atoms with Crippen molar-refractivity contribution in [2.45, 2.75) is 44.1 Å². The first kappa shape index (κ1) is 22.4. The second-order valence-electron chi connectivity index (χ2n) is 7.01. The molecule has 2 aromatic rings. The summed E-state index contributed by atoms with van der Waals surface area (Å²) in [6.45, 7) is 5.48. The first-order valence-electron chi connectivity index (χ1n) is 9.03. The van der Waals surface area contributed by atoms with Gasteiger partial charge in [0.2, 0.25) is 5.89 Å². The van der Waals surface area contributed by atoms with Crippen LogP contribution in [0.4, 0.5) is 4.79 Å². The number of carbonyl (C=O) groups excluding carboxylic acids is 1. The van der Waals surface area contributed by atoms with Crippen molar-refractivity contribution in [3.05, 3.63) is 47.9 Å². The molecular weight excluding hydrogens is 394 g/mol. The van der Waals surface area contributed by atoms with Gasteiger partial charge in [-0.1, -0.05) is 54.2 Å². The maximum Gasteiger partial charge on any atom is 0.408 e. The molecule has 1 atom stereocenters. The number of hydrogen-bond acceptors (Lipinski definition) is 7. The second kappa shape index (κ2) is 11.2. The van der Waals surface area contributed by atoms with Gasteiger partial charge in [-0.15, -0.1) is 10.2 Å². The zero-order valence-corrected chi connectivity index (χ0v) is 18.3. The van der Waals surface area contributed by atoms with Crippen LogP contribution in [0.5, 0.6) is 0 Å². The maximum absolute atomic E-state index is 12.1. The van der Waals surface area contributed by atoms with Gasteiger partial charge in [-0.3, -0.25) is 0 Å². The Morgan fingerprint density at radius 2 is 2.04 bits per heavy atom. The standard InChI is InChI=1S/C20H27N3O3S2/c1-20(2,3)26-18(24)21-16(12-14-27-4)17-22-23-19(25-17)28-13-8-11-15-9-6-5-7-10-15/h5-11,16H,12-14H2,1-4H3,(H,21,24)/b11-8+. The van der Waals surface area contributed by atoms with Crippen molar-refractivity contribution in [2.75, 3.05) is 17.8 Å². The maximum atomic E-state index is 12.1. The predicted molar refractivity (Wildman–Crippen MR) is 116 cm³/mol. The first-order valence-corrected chi connectivity index (χ1v) is 11.4. The van der Waals surface area contributed by atoms with Gasteiger partial charge in [0.05, 0.1) is 0 Å². The minimum atomic E-state index is -0.560. The number of nitrogens with one attached hydrogen (secondary N) is 1. The molecule has 1 N–H and O–H groups in total. The molecule has 152 valence electrons. The Morgan fingerprint density at radius 1 is 1.29 bits per heavy atom. The number of aromatic nitrogens is 2. The number of hydrogen-bond donors (Lipinski definition) is 1. The first-order chi connectivity index (χ1) is 13.4. The highest BCUT2D eigenvalue weighted by molar-refractivity contribution is 7.99. The molecule has 6 nitrogen and oxygen atoms in total. The topological polar surface area (TPSA) is 77.2 Å². The molecule has 1 heterocycles. The smallest absolute Gasteiger partial charge is 0.408 e. The molecule has 1 amide bonds. The van der Waals surface area contributed by atoms with Crippen LogP contribution in [-0.2, 0) is 4.74 Å². The van der Waals surface area contributed by atoms with Gasteiger partial charge in [0.1, 0.15) is 11.6 Å². The van der Waals surface area contributed by atoms with Gasteiger partial charge in [0.15, 0.2) is 0 Å². The van der Waals surface area contributed by atoms with E-state index in [9.17, 15) is 4.79 Å². The Labute approximate surface area is 174 Å². The number of thioether (sulfide) groups is 2. The van der Waals surface area contributed by atoms with E-state index in [-0.39, 0.29) is 6.04 Å².